The first-order valence-electron chi connectivity index (χ1n) is 9.69. The highest BCUT2D eigenvalue weighted by Crippen LogP contribution is 2.37. The number of rotatable bonds is 2. The molecule has 0 amide bonds. The molecule has 1 fully saturated rings. The molecular formula is C21H22O13. The molecule has 1 aliphatic rings. The van der Waals surface area contributed by atoms with Gasteiger partial charge in [0.25, 0.3) is 0 Å². The third-order valence-electron chi connectivity index (χ3n) is 5.04. The molecule has 10 N–H and O–H groups in total. The predicted molar refractivity (Wildman–Crippen MR) is 112 cm³/mol. The van der Waals surface area contributed by atoms with Gasteiger partial charge in [-0.15, -0.1) is 0 Å². The summed E-state index contributed by atoms with van der Waals surface area (Å²) in [4.78, 5) is 12.1. The molecule has 2 heterocycles. The van der Waals surface area contributed by atoms with Gasteiger partial charge in [-0.2, -0.15) is 0 Å². The largest absolute Gasteiger partial charge is 0.508 e. The van der Waals surface area contributed by atoms with Crippen LogP contribution in [0.3, 0.4) is 0 Å². The molecule has 2 aromatic carbocycles. The average Bonchev–Trinajstić information content (AvgIpc) is 2.79. The zero-order valence-electron chi connectivity index (χ0n) is 17.2. The molecule has 184 valence electrons. The van der Waals surface area contributed by atoms with Crippen molar-refractivity contribution < 1.29 is 60.2 Å². The van der Waals surface area contributed by atoms with E-state index in [2.05, 4.69) is 4.74 Å². The van der Waals surface area contributed by atoms with Crippen molar-refractivity contribution in [2.24, 2.45) is 0 Å². The summed E-state index contributed by atoms with van der Waals surface area (Å²) < 4.78 is 9.93. The van der Waals surface area contributed by atoms with E-state index in [0.29, 0.717) is 0 Å². The van der Waals surface area contributed by atoms with Crippen LogP contribution in [0.15, 0.2) is 39.5 Å². The van der Waals surface area contributed by atoms with Crippen LogP contribution in [0.25, 0.3) is 22.3 Å². The molecule has 1 saturated heterocycles. The van der Waals surface area contributed by atoms with Crippen molar-refractivity contribution in [2.45, 2.75) is 30.7 Å². The molecule has 5 atom stereocenters. The van der Waals surface area contributed by atoms with E-state index in [4.69, 9.17) is 29.9 Å². The minimum atomic E-state index is -1.57. The monoisotopic (exact) mass is 482 g/mol. The average molecular weight is 482 g/mol. The van der Waals surface area contributed by atoms with Crippen molar-refractivity contribution in [3.8, 4) is 40.1 Å². The summed E-state index contributed by atoms with van der Waals surface area (Å²) >= 11 is 0. The first-order valence-corrected chi connectivity index (χ1v) is 9.69. The second-order valence-corrected chi connectivity index (χ2v) is 7.37. The lowest BCUT2D eigenvalue weighted by Gasteiger charge is -2.37. The topological polar surface area (TPSA) is 242 Å². The fourth-order valence-corrected chi connectivity index (χ4v) is 3.22. The summed E-state index contributed by atoms with van der Waals surface area (Å²) in [5.74, 6) is -2.71. The SMILES string of the molecule is O=c1c(O)c(-c2ccc(O)c(O)c2)oc2cc(O)cc(O)c12.OC[C@H]1OC(O)[C@H](O)[C@@H](O)[C@@H]1O. The summed E-state index contributed by atoms with van der Waals surface area (Å²) in [6.07, 6.45) is -7.04. The van der Waals surface area contributed by atoms with Gasteiger partial charge in [-0.25, -0.2) is 0 Å². The normalized spacial score (nSPS) is 24.4. The summed E-state index contributed by atoms with van der Waals surface area (Å²) in [5, 5.41) is 92.3. The summed E-state index contributed by atoms with van der Waals surface area (Å²) in [6, 6.07) is 5.64. The first-order chi connectivity index (χ1) is 16.0. The minimum absolute atomic E-state index is 0.134. The van der Waals surface area contributed by atoms with Crippen LogP contribution in [0.5, 0.6) is 28.7 Å². The molecule has 0 saturated carbocycles. The minimum Gasteiger partial charge on any atom is -0.508 e. The Morgan fingerprint density at radius 2 is 1.47 bits per heavy atom. The highest BCUT2D eigenvalue weighted by molar-refractivity contribution is 5.88. The number of hydrogen-bond donors (Lipinski definition) is 10. The number of aliphatic hydroxyl groups excluding tert-OH is 5. The van der Waals surface area contributed by atoms with Gasteiger partial charge in [0.1, 0.15) is 46.9 Å². The van der Waals surface area contributed by atoms with Crippen LogP contribution < -0.4 is 5.43 Å². The molecule has 13 heteroatoms. The number of phenols is 4. The Kier molecular flexibility index (Phi) is 7.16. The van der Waals surface area contributed by atoms with E-state index in [1.165, 1.54) is 6.07 Å². The van der Waals surface area contributed by atoms with Crippen molar-refractivity contribution in [3.05, 3.63) is 40.6 Å². The lowest BCUT2D eigenvalue weighted by atomic mass is 10.00. The molecule has 1 aromatic heterocycles. The Bertz CT molecular complexity index is 1230. The Morgan fingerprint density at radius 1 is 0.794 bits per heavy atom. The number of phenolic OH excluding ortho intramolecular Hbond substituents is 4. The molecule has 34 heavy (non-hydrogen) atoms. The Morgan fingerprint density at radius 3 is 2.09 bits per heavy atom. The van der Waals surface area contributed by atoms with Gasteiger partial charge < -0.3 is 60.2 Å². The third-order valence-corrected chi connectivity index (χ3v) is 5.04. The van der Waals surface area contributed by atoms with Gasteiger partial charge in [-0.05, 0) is 18.2 Å². The standard InChI is InChI=1S/C15H10O7.C6H12O6/c16-7-4-10(19)12-11(5-7)22-15(14(21)13(12)20)6-1-2-8(17)9(18)3-6;7-1-2-3(8)4(9)5(10)6(11)12-2/h1-5,16-19,21H;2-11H,1H2/t;2-,3-,4+,5-,6?/m.1/s1. The number of ether oxygens (including phenoxy) is 1. The van der Waals surface area contributed by atoms with Crippen molar-refractivity contribution in [3.63, 3.8) is 0 Å². The van der Waals surface area contributed by atoms with Gasteiger partial charge in [-0.1, -0.05) is 0 Å². The van der Waals surface area contributed by atoms with Crippen molar-refractivity contribution in [1.82, 2.24) is 0 Å². The smallest absolute Gasteiger partial charge is 0.238 e. The highest BCUT2D eigenvalue weighted by Gasteiger charge is 2.42. The number of benzene rings is 2. The van der Waals surface area contributed by atoms with E-state index in [0.717, 1.165) is 24.3 Å². The number of fused-ring (bicyclic) bond motifs is 1. The van der Waals surface area contributed by atoms with Crippen molar-refractivity contribution in [1.29, 1.82) is 0 Å². The van der Waals surface area contributed by atoms with Gasteiger partial charge in [-0.3, -0.25) is 4.79 Å². The van der Waals surface area contributed by atoms with Crippen molar-refractivity contribution in [2.75, 3.05) is 6.61 Å². The summed E-state index contributed by atoms with van der Waals surface area (Å²) in [6.45, 7) is -0.526. The van der Waals surface area contributed by atoms with Gasteiger partial charge in [0.15, 0.2) is 23.5 Å². The summed E-state index contributed by atoms with van der Waals surface area (Å²) in [7, 11) is 0. The number of hydrogen-bond acceptors (Lipinski definition) is 13. The van der Waals surface area contributed by atoms with Crippen LogP contribution in [0.2, 0.25) is 0 Å². The predicted octanol–water partition coefficient (Wildman–Crippen LogP) is -1.23. The van der Waals surface area contributed by atoms with E-state index in [1.54, 1.807) is 0 Å². The van der Waals surface area contributed by atoms with E-state index in [9.17, 15) is 30.3 Å². The number of aliphatic hydroxyl groups is 5. The molecule has 3 aromatic rings. The quantitative estimate of drug-likeness (QED) is 0.193. The van der Waals surface area contributed by atoms with Crippen LogP contribution in [-0.2, 0) is 4.74 Å². The summed E-state index contributed by atoms with van der Waals surface area (Å²) in [5.41, 5.74) is -0.890. The van der Waals surface area contributed by atoms with Crippen LogP contribution in [0.1, 0.15) is 0 Å². The first kappa shape index (κ1) is 25.0. The highest BCUT2D eigenvalue weighted by atomic mass is 16.6. The van der Waals surface area contributed by atoms with Crippen LogP contribution in [-0.4, -0.2) is 88.4 Å². The second kappa shape index (κ2) is 9.72. The maximum absolute atomic E-state index is 12.1. The molecule has 0 aliphatic carbocycles. The molecule has 0 spiro atoms. The van der Waals surface area contributed by atoms with Crippen LogP contribution >= 0.6 is 0 Å². The molecule has 1 unspecified atom stereocenters. The van der Waals surface area contributed by atoms with E-state index in [1.807, 2.05) is 0 Å². The van der Waals surface area contributed by atoms with Gasteiger partial charge in [0.05, 0.1) is 6.61 Å². The fourth-order valence-electron chi connectivity index (χ4n) is 3.22. The molecule has 1 aliphatic heterocycles. The molecular weight excluding hydrogens is 460 g/mol. The van der Waals surface area contributed by atoms with Crippen LogP contribution in [0.4, 0.5) is 0 Å². The third kappa shape index (κ3) is 4.70. The molecule has 0 bridgehead atoms. The van der Waals surface area contributed by atoms with Gasteiger partial charge >= 0.3 is 0 Å². The van der Waals surface area contributed by atoms with Crippen molar-refractivity contribution >= 4 is 11.0 Å². The molecule has 4 rings (SSSR count). The molecule has 0 radical (unpaired) electrons. The Hall–Kier alpha value is -3.59. The Balaban J connectivity index is 0.000000229. The zero-order valence-corrected chi connectivity index (χ0v) is 17.2. The van der Waals surface area contributed by atoms with E-state index in [-0.39, 0.29) is 33.8 Å². The molecule has 13 nitrogen and oxygen atoms in total. The number of aromatic hydroxyl groups is 5. The van der Waals surface area contributed by atoms with Gasteiger partial charge in [0, 0.05) is 17.7 Å². The second-order valence-electron chi connectivity index (χ2n) is 7.37. The van der Waals surface area contributed by atoms with Gasteiger partial charge in [0.2, 0.25) is 11.2 Å². The Labute approximate surface area is 189 Å². The maximum Gasteiger partial charge on any atom is 0.238 e. The van der Waals surface area contributed by atoms with E-state index < -0.39 is 60.0 Å². The lowest BCUT2D eigenvalue weighted by molar-refractivity contribution is -0.286. The lowest BCUT2D eigenvalue weighted by Crippen LogP contribution is -2.58. The maximum atomic E-state index is 12.1. The van der Waals surface area contributed by atoms with Crippen LogP contribution in [0, 0.1) is 0 Å². The van der Waals surface area contributed by atoms with E-state index >= 15 is 0 Å². The fraction of sp³-hybridized carbons (Fsp3) is 0.286. The zero-order chi connectivity index (χ0) is 25.3.